The molecule has 6 nitrogen and oxygen atoms in total. The van der Waals surface area contributed by atoms with E-state index in [0.29, 0.717) is 13.0 Å². The molecule has 0 radical (unpaired) electrons. The van der Waals surface area contributed by atoms with Crippen LogP contribution in [0.4, 0.5) is 4.79 Å². The number of imidazole rings is 1. The summed E-state index contributed by atoms with van der Waals surface area (Å²) in [6.45, 7) is 6.47. The van der Waals surface area contributed by atoms with Crippen LogP contribution in [-0.4, -0.2) is 27.2 Å². The first kappa shape index (κ1) is 17.0. The molecule has 1 amide bonds. The molecule has 0 spiro atoms. The summed E-state index contributed by atoms with van der Waals surface area (Å²) in [4.78, 5) is 19.9. The lowest BCUT2D eigenvalue weighted by Crippen LogP contribution is -2.37. The van der Waals surface area contributed by atoms with E-state index in [2.05, 4.69) is 23.7 Å². The van der Waals surface area contributed by atoms with Gasteiger partial charge in [0.15, 0.2) is 5.65 Å². The van der Waals surface area contributed by atoms with Crippen LogP contribution in [-0.2, 0) is 12.8 Å². The van der Waals surface area contributed by atoms with Crippen molar-refractivity contribution >= 4 is 17.3 Å². The van der Waals surface area contributed by atoms with Crippen molar-refractivity contribution in [2.24, 2.45) is 0 Å². The number of carboxylic acid groups (broad SMARTS) is 1. The van der Waals surface area contributed by atoms with E-state index in [1.54, 1.807) is 0 Å². The zero-order valence-corrected chi connectivity index (χ0v) is 14.7. The first-order valence-electron chi connectivity index (χ1n) is 8.39. The molecule has 2 aromatic heterocycles. The summed E-state index contributed by atoms with van der Waals surface area (Å²) in [6, 6.07) is 10.1. The van der Waals surface area contributed by atoms with Gasteiger partial charge in [0, 0.05) is 24.3 Å². The van der Waals surface area contributed by atoms with Crippen LogP contribution in [0.2, 0.25) is 0 Å². The average Bonchev–Trinajstić information content (AvgIpc) is 2.94. The number of carbonyl (C=O) groups excluding carboxylic acids is 1. The van der Waals surface area contributed by atoms with Gasteiger partial charge in [-0.1, -0.05) is 19.1 Å². The van der Waals surface area contributed by atoms with Gasteiger partial charge in [-0.05, 0) is 49.6 Å². The number of amides is 1. The summed E-state index contributed by atoms with van der Waals surface area (Å²) in [5.74, 6) is 0.975. The zero-order chi connectivity index (χ0) is 18.0. The highest BCUT2D eigenvalue weighted by Crippen LogP contribution is 2.24. The molecular formula is C19H21N4O2-. The Labute approximate surface area is 146 Å². The highest BCUT2D eigenvalue weighted by atomic mass is 16.4. The first-order valence-corrected chi connectivity index (χ1v) is 8.39. The topological polar surface area (TPSA) is 82.9 Å². The number of hydrogen-bond donors (Lipinski definition) is 1. The molecule has 0 unspecified atom stereocenters. The number of nitrogens with one attached hydrogen (secondary N) is 1. The van der Waals surface area contributed by atoms with E-state index in [4.69, 9.17) is 9.97 Å². The molecule has 3 rings (SSSR count). The van der Waals surface area contributed by atoms with Gasteiger partial charge in [0.2, 0.25) is 0 Å². The summed E-state index contributed by atoms with van der Waals surface area (Å²) >= 11 is 0. The Morgan fingerprint density at radius 1 is 1.20 bits per heavy atom. The Hall–Kier alpha value is -2.89. The third kappa shape index (κ3) is 3.47. The standard InChI is InChI=1S/C19H22N4O2/c1-4-16-22-17-12(2)11-13(3)21-18(17)23(16)15-7-5-14(6-8-15)9-10-20-19(24)25/h5-8,11,20H,4,9-10H2,1-3H3,(H,24,25)/p-1. The number of nitrogens with zero attached hydrogens (tertiary/aromatic N) is 3. The number of fused-ring (bicyclic) bond motifs is 1. The van der Waals surface area contributed by atoms with Crippen molar-refractivity contribution in [2.45, 2.75) is 33.6 Å². The van der Waals surface area contributed by atoms with Gasteiger partial charge in [0.1, 0.15) is 17.4 Å². The second-order valence-electron chi connectivity index (χ2n) is 6.10. The fourth-order valence-electron chi connectivity index (χ4n) is 3.03. The van der Waals surface area contributed by atoms with E-state index < -0.39 is 6.09 Å². The van der Waals surface area contributed by atoms with Gasteiger partial charge in [0.25, 0.3) is 0 Å². The molecule has 1 aromatic carbocycles. The first-order chi connectivity index (χ1) is 12.0. The highest BCUT2D eigenvalue weighted by Gasteiger charge is 2.14. The van der Waals surface area contributed by atoms with Gasteiger partial charge >= 0.3 is 0 Å². The van der Waals surface area contributed by atoms with Crippen LogP contribution in [0, 0.1) is 13.8 Å². The van der Waals surface area contributed by atoms with E-state index in [9.17, 15) is 9.90 Å². The zero-order valence-electron chi connectivity index (χ0n) is 14.7. The van der Waals surface area contributed by atoms with E-state index >= 15 is 0 Å². The Morgan fingerprint density at radius 2 is 1.92 bits per heavy atom. The van der Waals surface area contributed by atoms with Gasteiger partial charge in [-0.15, -0.1) is 0 Å². The molecule has 1 N–H and O–H groups in total. The molecule has 3 aromatic rings. The van der Waals surface area contributed by atoms with Crippen LogP contribution in [0.15, 0.2) is 30.3 Å². The van der Waals surface area contributed by atoms with Gasteiger partial charge < -0.3 is 15.2 Å². The summed E-state index contributed by atoms with van der Waals surface area (Å²) in [5, 5.41) is 12.7. The molecule has 0 saturated carbocycles. The fourth-order valence-corrected chi connectivity index (χ4v) is 3.03. The summed E-state index contributed by atoms with van der Waals surface area (Å²) in [5.41, 5.74) is 5.97. The fraction of sp³-hybridized carbons (Fsp3) is 0.316. The molecule has 0 atom stereocenters. The van der Waals surface area contributed by atoms with E-state index in [-0.39, 0.29) is 0 Å². The molecule has 0 fully saturated rings. The number of rotatable bonds is 5. The molecule has 2 heterocycles. The van der Waals surface area contributed by atoms with Gasteiger partial charge in [-0.3, -0.25) is 4.57 Å². The molecule has 0 aliphatic rings. The minimum Gasteiger partial charge on any atom is -0.530 e. The minimum atomic E-state index is -1.24. The maximum Gasteiger partial charge on any atom is 0.165 e. The predicted molar refractivity (Wildman–Crippen MR) is 94.8 cm³/mol. The largest absolute Gasteiger partial charge is 0.530 e. The van der Waals surface area contributed by atoms with Crippen LogP contribution >= 0.6 is 0 Å². The lowest BCUT2D eigenvalue weighted by Gasteiger charge is -2.10. The van der Waals surface area contributed by atoms with Crippen LogP contribution in [0.3, 0.4) is 0 Å². The molecular weight excluding hydrogens is 316 g/mol. The number of aryl methyl sites for hydroxylation is 3. The number of carbonyl (C=O) groups is 1. The van der Waals surface area contributed by atoms with Crippen molar-refractivity contribution in [1.82, 2.24) is 19.9 Å². The molecule has 130 valence electrons. The van der Waals surface area contributed by atoms with Crippen LogP contribution in [0.25, 0.3) is 16.9 Å². The minimum absolute atomic E-state index is 0.343. The lowest BCUT2D eigenvalue weighted by molar-refractivity contribution is -0.250. The Morgan fingerprint density at radius 3 is 2.56 bits per heavy atom. The summed E-state index contributed by atoms with van der Waals surface area (Å²) < 4.78 is 2.10. The normalized spacial score (nSPS) is 11.0. The van der Waals surface area contributed by atoms with Crippen molar-refractivity contribution in [3.05, 3.63) is 53.0 Å². The van der Waals surface area contributed by atoms with Crippen molar-refractivity contribution in [1.29, 1.82) is 0 Å². The van der Waals surface area contributed by atoms with Crippen LogP contribution < -0.4 is 10.4 Å². The van der Waals surface area contributed by atoms with E-state index in [1.807, 2.05) is 37.3 Å². The summed E-state index contributed by atoms with van der Waals surface area (Å²) in [6.07, 6.45) is 0.188. The van der Waals surface area contributed by atoms with Gasteiger partial charge in [-0.25, -0.2) is 9.97 Å². The maximum atomic E-state index is 10.4. The molecule has 0 aliphatic carbocycles. The molecule has 25 heavy (non-hydrogen) atoms. The van der Waals surface area contributed by atoms with Gasteiger partial charge in [-0.2, -0.15) is 0 Å². The molecule has 0 aliphatic heterocycles. The van der Waals surface area contributed by atoms with Crippen molar-refractivity contribution in [3.63, 3.8) is 0 Å². The molecule has 0 bridgehead atoms. The van der Waals surface area contributed by atoms with E-state index in [1.165, 1.54) is 0 Å². The molecule has 6 heteroatoms. The monoisotopic (exact) mass is 337 g/mol. The maximum absolute atomic E-state index is 10.4. The third-order valence-electron chi connectivity index (χ3n) is 4.20. The average molecular weight is 337 g/mol. The number of pyridine rings is 1. The number of aromatic nitrogens is 3. The quantitative estimate of drug-likeness (QED) is 0.772. The number of hydrogen-bond acceptors (Lipinski definition) is 4. The van der Waals surface area contributed by atoms with E-state index in [0.717, 1.165) is 45.9 Å². The van der Waals surface area contributed by atoms with Gasteiger partial charge in [0.05, 0.1) is 0 Å². The molecule has 0 saturated heterocycles. The van der Waals surface area contributed by atoms with Crippen molar-refractivity contribution in [2.75, 3.05) is 6.54 Å². The Balaban J connectivity index is 1.97. The highest BCUT2D eigenvalue weighted by molar-refractivity contribution is 5.78. The van der Waals surface area contributed by atoms with Crippen LogP contribution in [0.1, 0.15) is 29.6 Å². The SMILES string of the molecule is CCc1nc2c(C)cc(C)nc2n1-c1ccc(CCNC(=O)[O-])cc1. The van der Waals surface area contributed by atoms with Crippen molar-refractivity contribution in [3.8, 4) is 5.69 Å². The summed E-state index contributed by atoms with van der Waals surface area (Å²) in [7, 11) is 0. The third-order valence-corrected chi connectivity index (χ3v) is 4.20. The van der Waals surface area contributed by atoms with Crippen molar-refractivity contribution < 1.29 is 9.90 Å². The smallest absolute Gasteiger partial charge is 0.165 e. The van der Waals surface area contributed by atoms with Crippen LogP contribution in [0.5, 0.6) is 0 Å². The predicted octanol–water partition coefficient (Wildman–Crippen LogP) is 2.08. The Kier molecular flexibility index (Phi) is 4.70. The Bertz CT molecular complexity index is 913. The second-order valence-corrected chi connectivity index (χ2v) is 6.10. The lowest BCUT2D eigenvalue weighted by atomic mass is 10.1. The number of benzene rings is 1. The second kappa shape index (κ2) is 6.93.